The van der Waals surface area contributed by atoms with E-state index in [-0.39, 0.29) is 17.5 Å². The molecule has 2 N–H and O–H groups in total. The predicted octanol–water partition coefficient (Wildman–Crippen LogP) is 2.80. The number of hydrogen-bond donors (Lipinski definition) is 2. The molecule has 1 aliphatic heterocycles. The van der Waals surface area contributed by atoms with Crippen molar-refractivity contribution in [2.45, 2.75) is 31.7 Å². The largest absolute Gasteiger partial charge is 0.373 e. The number of amides is 1. The maximum Gasteiger partial charge on any atom is 0.271 e. The molecular formula is C26H36N6O2. The van der Waals surface area contributed by atoms with Gasteiger partial charge < -0.3 is 25.0 Å². The lowest BCUT2D eigenvalue weighted by Crippen LogP contribution is -2.51. The number of nitrogens with zero attached hydrogens (tertiary/aromatic N) is 4. The van der Waals surface area contributed by atoms with Crippen LogP contribution in [0, 0.1) is 5.92 Å². The molecule has 182 valence electrons. The van der Waals surface area contributed by atoms with Gasteiger partial charge in [-0.3, -0.25) is 9.59 Å². The van der Waals surface area contributed by atoms with Gasteiger partial charge in [-0.2, -0.15) is 0 Å². The molecule has 4 rings (SSSR count). The first-order chi connectivity index (χ1) is 16.4. The van der Waals surface area contributed by atoms with E-state index in [0.29, 0.717) is 18.2 Å². The lowest BCUT2D eigenvalue weighted by molar-refractivity contribution is -0.127. The van der Waals surface area contributed by atoms with Crippen LogP contribution in [0.1, 0.15) is 25.7 Å². The van der Waals surface area contributed by atoms with Gasteiger partial charge in [-0.05, 0) is 69.5 Å². The second kappa shape index (κ2) is 10.9. The van der Waals surface area contributed by atoms with Gasteiger partial charge in [-0.15, -0.1) is 0 Å². The first-order valence-electron chi connectivity index (χ1n) is 12.2. The van der Waals surface area contributed by atoms with Crippen LogP contribution in [0.25, 0.3) is 11.1 Å². The maximum absolute atomic E-state index is 13.0. The molecule has 0 radical (unpaired) electrons. The number of aromatic nitrogens is 2. The van der Waals surface area contributed by atoms with Crippen LogP contribution < -0.4 is 15.8 Å². The molecule has 3 heterocycles. The van der Waals surface area contributed by atoms with Gasteiger partial charge in [0.05, 0.1) is 0 Å². The first-order valence-corrected chi connectivity index (χ1v) is 12.2. The van der Waals surface area contributed by atoms with E-state index in [0.717, 1.165) is 49.4 Å². The smallest absolute Gasteiger partial charge is 0.271 e. The van der Waals surface area contributed by atoms with Crippen molar-refractivity contribution in [3.63, 3.8) is 0 Å². The minimum absolute atomic E-state index is 0.0527. The van der Waals surface area contributed by atoms with E-state index in [1.807, 2.05) is 55.2 Å². The number of pyridine rings is 2. The Bertz CT molecular complexity index is 1070. The Morgan fingerprint density at radius 1 is 1.26 bits per heavy atom. The summed E-state index contributed by atoms with van der Waals surface area (Å²) in [7, 11) is 5.81. The number of nitrogens with one attached hydrogen (secondary N) is 2. The van der Waals surface area contributed by atoms with Crippen molar-refractivity contribution in [1.29, 1.82) is 0 Å². The number of carbonyl (C=O) groups is 1. The maximum atomic E-state index is 13.0. The second-order valence-electron chi connectivity index (χ2n) is 9.62. The highest BCUT2D eigenvalue weighted by Crippen LogP contribution is 2.34. The first kappa shape index (κ1) is 24.0. The van der Waals surface area contributed by atoms with E-state index in [4.69, 9.17) is 0 Å². The predicted molar refractivity (Wildman–Crippen MR) is 137 cm³/mol. The fraction of sp³-hybridized carbons (Fsp3) is 0.500. The van der Waals surface area contributed by atoms with Crippen molar-refractivity contribution in [3.8, 4) is 11.1 Å². The van der Waals surface area contributed by atoms with Crippen LogP contribution in [0.15, 0.2) is 47.5 Å². The minimum atomic E-state index is -0.0818. The van der Waals surface area contributed by atoms with Crippen LogP contribution >= 0.6 is 0 Å². The average molecular weight is 465 g/mol. The molecule has 1 atom stereocenters. The summed E-state index contributed by atoms with van der Waals surface area (Å²) in [6.07, 6.45) is 11.4. The molecule has 2 fully saturated rings. The van der Waals surface area contributed by atoms with Gasteiger partial charge in [-0.1, -0.05) is 6.08 Å². The van der Waals surface area contributed by atoms with E-state index >= 15 is 0 Å². The molecule has 0 aromatic carbocycles. The fourth-order valence-electron chi connectivity index (χ4n) is 4.50. The molecular weight excluding hydrogens is 428 g/mol. The summed E-state index contributed by atoms with van der Waals surface area (Å²) in [5.74, 6) is 1.45. The Balaban J connectivity index is 1.58. The zero-order valence-electron chi connectivity index (χ0n) is 20.5. The Morgan fingerprint density at radius 2 is 2.09 bits per heavy atom. The number of hydrogen-bond acceptors (Lipinski definition) is 6. The molecule has 2 aromatic rings. The highest BCUT2D eigenvalue weighted by atomic mass is 16.2. The van der Waals surface area contributed by atoms with Crippen molar-refractivity contribution in [2.75, 3.05) is 57.5 Å². The molecule has 1 saturated heterocycles. The number of rotatable bonds is 9. The monoisotopic (exact) mass is 464 g/mol. The molecule has 2 aliphatic rings. The minimum Gasteiger partial charge on any atom is -0.373 e. The Kier molecular flexibility index (Phi) is 7.67. The summed E-state index contributed by atoms with van der Waals surface area (Å²) < 4.78 is 0. The zero-order valence-corrected chi connectivity index (χ0v) is 20.5. The Hall–Kier alpha value is -3.13. The van der Waals surface area contributed by atoms with Crippen LogP contribution in [0.4, 0.5) is 11.5 Å². The van der Waals surface area contributed by atoms with Crippen molar-refractivity contribution in [1.82, 2.24) is 19.8 Å². The standard InChI is InChI=1S/C26H36N6O2/c1-27-24-15-20(10-11-28-24)21-14-23(26(34)29-16-21)32(17-19-8-9-19)22-6-4-13-31(18-22)25(33)7-5-12-30(2)3/h5,7,10-11,14-16,19,22H,4,6,8-9,12-13,17-18H2,1-3H3,(H,27,28)(H,29,34)/t22-/m1/s1. The van der Waals surface area contributed by atoms with E-state index in [1.165, 1.54) is 12.8 Å². The number of likely N-dealkylation sites (N-methyl/N-ethyl adjacent to an activating group) is 1. The Labute approximate surface area is 201 Å². The van der Waals surface area contributed by atoms with E-state index in [1.54, 1.807) is 18.5 Å². The molecule has 8 nitrogen and oxygen atoms in total. The van der Waals surface area contributed by atoms with Gasteiger partial charge in [0.2, 0.25) is 5.91 Å². The van der Waals surface area contributed by atoms with E-state index < -0.39 is 0 Å². The molecule has 1 amide bonds. The third-order valence-electron chi connectivity index (χ3n) is 6.57. The van der Waals surface area contributed by atoms with Crippen LogP contribution in [0.2, 0.25) is 0 Å². The number of aromatic amines is 1. The van der Waals surface area contributed by atoms with Gasteiger partial charge in [0.25, 0.3) is 5.56 Å². The number of likely N-dealkylation sites (tertiary alicyclic amines) is 1. The lowest BCUT2D eigenvalue weighted by atomic mass is 10.0. The summed E-state index contributed by atoms with van der Waals surface area (Å²) >= 11 is 0. The van der Waals surface area contributed by atoms with E-state index in [9.17, 15) is 9.59 Å². The van der Waals surface area contributed by atoms with Crippen LogP contribution in [0.5, 0.6) is 0 Å². The highest BCUT2D eigenvalue weighted by Gasteiger charge is 2.33. The SMILES string of the molecule is CNc1cc(-c2c[nH]c(=O)c(N(CC3CC3)[C@@H]3CCCN(C(=O)C=CCN(C)C)C3)c2)ccn1. The molecule has 0 spiro atoms. The lowest BCUT2D eigenvalue weighted by Gasteiger charge is -2.40. The van der Waals surface area contributed by atoms with Gasteiger partial charge in [0.15, 0.2) is 0 Å². The molecule has 1 saturated carbocycles. The van der Waals surface area contributed by atoms with Crippen LogP contribution in [0.3, 0.4) is 0 Å². The summed E-state index contributed by atoms with van der Waals surface area (Å²) in [5.41, 5.74) is 2.55. The summed E-state index contributed by atoms with van der Waals surface area (Å²) in [5, 5.41) is 3.07. The Morgan fingerprint density at radius 3 is 2.82 bits per heavy atom. The van der Waals surface area contributed by atoms with Crippen molar-refractivity contribution >= 4 is 17.4 Å². The van der Waals surface area contributed by atoms with Crippen LogP contribution in [-0.2, 0) is 4.79 Å². The molecule has 1 aliphatic carbocycles. The normalized spacial score (nSPS) is 18.5. The fourth-order valence-corrected chi connectivity index (χ4v) is 4.50. The van der Waals surface area contributed by atoms with Crippen molar-refractivity contribution in [2.24, 2.45) is 5.92 Å². The van der Waals surface area contributed by atoms with Gasteiger partial charge >= 0.3 is 0 Å². The number of anilines is 2. The third kappa shape index (κ3) is 6.05. The zero-order chi connectivity index (χ0) is 24.1. The third-order valence-corrected chi connectivity index (χ3v) is 6.57. The molecule has 2 aromatic heterocycles. The van der Waals surface area contributed by atoms with Crippen molar-refractivity contribution < 1.29 is 4.79 Å². The highest BCUT2D eigenvalue weighted by molar-refractivity contribution is 5.87. The second-order valence-corrected chi connectivity index (χ2v) is 9.62. The molecule has 8 heteroatoms. The van der Waals surface area contributed by atoms with Gasteiger partial charge in [0.1, 0.15) is 11.5 Å². The topological polar surface area (TPSA) is 84.6 Å². The molecule has 0 unspecified atom stereocenters. The molecule has 0 bridgehead atoms. The summed E-state index contributed by atoms with van der Waals surface area (Å²) in [6.45, 7) is 3.00. The van der Waals surface area contributed by atoms with E-state index in [2.05, 4.69) is 20.2 Å². The van der Waals surface area contributed by atoms with Crippen molar-refractivity contribution in [3.05, 3.63) is 53.1 Å². The quantitative estimate of drug-likeness (QED) is 0.555. The number of H-pyrrole nitrogens is 1. The number of piperidine rings is 1. The van der Waals surface area contributed by atoms with Crippen LogP contribution in [-0.4, -0.2) is 79.0 Å². The average Bonchev–Trinajstić information content (AvgIpc) is 3.67. The number of carbonyl (C=O) groups excluding carboxylic acids is 1. The summed E-state index contributed by atoms with van der Waals surface area (Å²) in [6, 6.07) is 6.05. The summed E-state index contributed by atoms with van der Waals surface area (Å²) in [4.78, 5) is 39.3. The van der Waals surface area contributed by atoms with Gasteiger partial charge in [0, 0.05) is 63.3 Å². The molecule has 34 heavy (non-hydrogen) atoms. The van der Waals surface area contributed by atoms with Gasteiger partial charge in [-0.25, -0.2) is 4.98 Å².